The number of amides is 2. The van der Waals surface area contributed by atoms with Crippen molar-refractivity contribution in [3.63, 3.8) is 0 Å². The first-order valence-electron chi connectivity index (χ1n) is 10.8. The van der Waals surface area contributed by atoms with Crippen LogP contribution in [0.1, 0.15) is 25.5 Å². The summed E-state index contributed by atoms with van der Waals surface area (Å²) in [4.78, 5) is 26.6. The zero-order valence-electron chi connectivity index (χ0n) is 18.4. The number of carbonyl (C=O) groups is 2. The molecule has 2 amide bonds. The smallest absolute Gasteiger partial charge is 0.227 e. The minimum absolute atomic E-state index is 0.187. The summed E-state index contributed by atoms with van der Waals surface area (Å²) in [5.41, 5.74) is 2.44. The Balaban J connectivity index is 1.52. The zero-order valence-corrected chi connectivity index (χ0v) is 18.4. The van der Waals surface area contributed by atoms with E-state index in [2.05, 4.69) is 20.6 Å². The van der Waals surface area contributed by atoms with Gasteiger partial charge in [0.05, 0.1) is 11.4 Å². The number of piperidine rings is 1. The van der Waals surface area contributed by atoms with Crippen molar-refractivity contribution in [3.05, 3.63) is 65.9 Å². The Morgan fingerprint density at radius 3 is 2.33 bits per heavy atom. The van der Waals surface area contributed by atoms with Crippen molar-refractivity contribution in [2.45, 2.75) is 26.7 Å². The van der Waals surface area contributed by atoms with Gasteiger partial charge in [-0.05, 0) is 44.0 Å². The summed E-state index contributed by atoms with van der Waals surface area (Å²) in [5.74, 6) is -1.87. The summed E-state index contributed by atoms with van der Waals surface area (Å²) in [6.45, 7) is 4.44. The van der Waals surface area contributed by atoms with Crippen LogP contribution in [-0.2, 0) is 9.59 Å². The molecule has 2 heterocycles. The summed E-state index contributed by atoms with van der Waals surface area (Å²) in [7, 11) is 0. The molecule has 172 valence electrons. The standard InChI is InChI=1S/C24H25F2N5O2/c1-15-22(27-16(2)32)24(31(29-15)19-6-4-3-5-7-19)30-12-10-17(11-13-30)23(33)28-18-8-9-20(25)21(26)14-18/h3-9,14,17H,10-13H2,1-2H3,(H,27,32)(H,28,33). The van der Waals surface area contributed by atoms with E-state index in [1.807, 2.05) is 41.9 Å². The van der Waals surface area contributed by atoms with E-state index in [0.717, 1.165) is 23.6 Å². The number of aryl methyl sites for hydroxylation is 1. The molecular formula is C24H25F2N5O2. The fourth-order valence-electron chi connectivity index (χ4n) is 4.05. The normalized spacial score (nSPS) is 14.2. The van der Waals surface area contributed by atoms with E-state index < -0.39 is 11.6 Å². The molecule has 1 aromatic heterocycles. The molecule has 2 aromatic carbocycles. The number of nitrogens with zero attached hydrogens (tertiary/aromatic N) is 3. The molecule has 1 saturated heterocycles. The number of halogens is 2. The van der Waals surface area contributed by atoms with Crippen LogP contribution in [0.3, 0.4) is 0 Å². The van der Waals surface area contributed by atoms with Crippen molar-refractivity contribution in [2.24, 2.45) is 5.92 Å². The highest BCUT2D eigenvalue weighted by molar-refractivity contribution is 5.94. The van der Waals surface area contributed by atoms with Gasteiger partial charge in [-0.25, -0.2) is 13.5 Å². The van der Waals surface area contributed by atoms with Gasteiger partial charge in [0.15, 0.2) is 17.5 Å². The first kappa shape index (κ1) is 22.4. The van der Waals surface area contributed by atoms with Crippen molar-refractivity contribution in [1.82, 2.24) is 9.78 Å². The predicted octanol–water partition coefficient (Wildman–Crippen LogP) is 4.27. The largest absolute Gasteiger partial charge is 0.355 e. The van der Waals surface area contributed by atoms with Crippen LogP contribution in [-0.4, -0.2) is 34.7 Å². The van der Waals surface area contributed by atoms with Gasteiger partial charge in [0, 0.05) is 37.7 Å². The van der Waals surface area contributed by atoms with Gasteiger partial charge in [0.25, 0.3) is 0 Å². The van der Waals surface area contributed by atoms with E-state index in [1.54, 1.807) is 0 Å². The molecule has 0 bridgehead atoms. The average molecular weight is 453 g/mol. The highest BCUT2D eigenvalue weighted by atomic mass is 19.2. The zero-order chi connectivity index (χ0) is 23.5. The number of carbonyl (C=O) groups excluding carboxylic acids is 2. The topological polar surface area (TPSA) is 79.3 Å². The van der Waals surface area contributed by atoms with Crippen LogP contribution in [0.5, 0.6) is 0 Å². The van der Waals surface area contributed by atoms with Gasteiger partial charge in [0.1, 0.15) is 5.69 Å². The third-order valence-electron chi connectivity index (χ3n) is 5.69. The lowest BCUT2D eigenvalue weighted by molar-refractivity contribution is -0.120. The van der Waals surface area contributed by atoms with Gasteiger partial charge in [-0.2, -0.15) is 5.10 Å². The van der Waals surface area contributed by atoms with Gasteiger partial charge in [-0.3, -0.25) is 9.59 Å². The number of hydrogen-bond donors (Lipinski definition) is 2. The maximum absolute atomic E-state index is 13.4. The first-order valence-corrected chi connectivity index (χ1v) is 10.8. The van der Waals surface area contributed by atoms with Crippen molar-refractivity contribution in [1.29, 1.82) is 0 Å². The second-order valence-corrected chi connectivity index (χ2v) is 8.09. The molecule has 0 spiro atoms. The van der Waals surface area contributed by atoms with E-state index in [-0.39, 0.29) is 23.4 Å². The molecule has 3 aromatic rings. The lowest BCUT2D eigenvalue weighted by Gasteiger charge is -2.33. The number of para-hydroxylation sites is 1. The quantitative estimate of drug-likeness (QED) is 0.605. The van der Waals surface area contributed by atoms with Crippen LogP contribution >= 0.6 is 0 Å². The Morgan fingerprint density at radius 1 is 1.00 bits per heavy atom. The van der Waals surface area contributed by atoms with Gasteiger partial charge in [-0.1, -0.05) is 18.2 Å². The summed E-state index contributed by atoms with van der Waals surface area (Å²) in [6, 6.07) is 12.9. The Labute approximate surface area is 190 Å². The maximum atomic E-state index is 13.4. The van der Waals surface area contributed by atoms with Crippen molar-refractivity contribution in [3.8, 4) is 5.69 Å². The fraction of sp³-hybridized carbons (Fsp3) is 0.292. The number of anilines is 3. The molecule has 33 heavy (non-hydrogen) atoms. The number of rotatable bonds is 5. The molecule has 0 aliphatic carbocycles. The van der Waals surface area contributed by atoms with Crippen LogP contribution < -0.4 is 15.5 Å². The number of hydrogen-bond acceptors (Lipinski definition) is 4. The molecule has 0 radical (unpaired) electrons. The molecule has 9 heteroatoms. The van der Waals surface area contributed by atoms with Gasteiger partial charge >= 0.3 is 0 Å². The Bertz CT molecular complexity index is 1170. The van der Waals surface area contributed by atoms with Crippen LogP contribution in [0, 0.1) is 24.5 Å². The molecule has 4 rings (SSSR count). The van der Waals surface area contributed by atoms with Gasteiger partial charge < -0.3 is 15.5 Å². The van der Waals surface area contributed by atoms with E-state index in [4.69, 9.17) is 0 Å². The second-order valence-electron chi connectivity index (χ2n) is 8.09. The summed E-state index contributed by atoms with van der Waals surface area (Å²) in [5, 5.41) is 10.2. The molecule has 1 aliphatic heterocycles. The lowest BCUT2D eigenvalue weighted by Crippen LogP contribution is -2.39. The molecule has 1 fully saturated rings. The van der Waals surface area contributed by atoms with E-state index in [1.165, 1.54) is 13.0 Å². The Hall–Kier alpha value is -3.75. The molecule has 1 aliphatic rings. The molecule has 0 unspecified atom stereocenters. The predicted molar refractivity (Wildman–Crippen MR) is 123 cm³/mol. The third-order valence-corrected chi connectivity index (χ3v) is 5.69. The fourth-order valence-corrected chi connectivity index (χ4v) is 4.05. The Morgan fingerprint density at radius 2 is 1.70 bits per heavy atom. The van der Waals surface area contributed by atoms with Crippen molar-refractivity contribution < 1.29 is 18.4 Å². The van der Waals surface area contributed by atoms with Crippen LogP contribution in [0.2, 0.25) is 0 Å². The highest BCUT2D eigenvalue weighted by Crippen LogP contribution is 2.35. The summed E-state index contributed by atoms with van der Waals surface area (Å²) in [6.07, 6.45) is 1.13. The van der Waals surface area contributed by atoms with Crippen LogP contribution in [0.4, 0.5) is 26.0 Å². The molecular weight excluding hydrogens is 428 g/mol. The lowest BCUT2D eigenvalue weighted by atomic mass is 9.95. The van der Waals surface area contributed by atoms with Gasteiger partial charge in [0.2, 0.25) is 11.8 Å². The van der Waals surface area contributed by atoms with E-state index >= 15 is 0 Å². The van der Waals surface area contributed by atoms with E-state index in [0.29, 0.717) is 37.3 Å². The highest BCUT2D eigenvalue weighted by Gasteiger charge is 2.30. The van der Waals surface area contributed by atoms with Crippen LogP contribution in [0.15, 0.2) is 48.5 Å². The number of aromatic nitrogens is 2. The van der Waals surface area contributed by atoms with Crippen molar-refractivity contribution in [2.75, 3.05) is 28.6 Å². The molecule has 2 N–H and O–H groups in total. The monoisotopic (exact) mass is 453 g/mol. The molecule has 0 saturated carbocycles. The first-order chi connectivity index (χ1) is 15.8. The van der Waals surface area contributed by atoms with Gasteiger partial charge in [-0.15, -0.1) is 0 Å². The SMILES string of the molecule is CC(=O)Nc1c(C)nn(-c2ccccc2)c1N1CCC(C(=O)Nc2ccc(F)c(F)c2)CC1. The Kier molecular flexibility index (Phi) is 6.39. The molecule has 7 nitrogen and oxygen atoms in total. The van der Waals surface area contributed by atoms with E-state index in [9.17, 15) is 18.4 Å². The summed E-state index contributed by atoms with van der Waals surface area (Å²) >= 11 is 0. The minimum Gasteiger partial charge on any atom is -0.355 e. The minimum atomic E-state index is -1.00. The second kappa shape index (κ2) is 9.40. The number of nitrogens with one attached hydrogen (secondary N) is 2. The summed E-state index contributed by atoms with van der Waals surface area (Å²) < 4.78 is 28.4. The third kappa shape index (κ3) is 4.87. The average Bonchev–Trinajstić information content (AvgIpc) is 3.12. The molecule has 0 atom stereocenters. The number of benzene rings is 2. The van der Waals surface area contributed by atoms with Crippen LogP contribution in [0.25, 0.3) is 5.69 Å². The maximum Gasteiger partial charge on any atom is 0.227 e. The van der Waals surface area contributed by atoms with Crippen molar-refractivity contribution >= 4 is 29.0 Å².